The molecule has 42 heavy (non-hydrogen) atoms. The number of thioether (sulfide) groups is 2. The highest BCUT2D eigenvalue weighted by atomic mass is 32.2. The van der Waals surface area contributed by atoms with Crippen molar-refractivity contribution in [3.8, 4) is 0 Å². The topological polar surface area (TPSA) is 176 Å². The number of hydrogen-bond donors (Lipinski definition) is 2. The molecule has 0 spiro atoms. The zero-order valence-corrected chi connectivity index (χ0v) is 28.2. The number of guanidine groups is 1. The molecule has 2 heterocycles. The minimum absolute atomic E-state index is 0.0732. The van der Waals surface area contributed by atoms with Gasteiger partial charge in [0, 0.05) is 19.3 Å². The Morgan fingerprint density at radius 3 is 2.12 bits per heavy atom. The number of fused-ring (bicyclic) bond motifs is 1. The molecule has 0 bridgehead atoms. The Hall–Kier alpha value is -2.29. The molecule has 4 rings (SSSR count). The smallest absolute Gasteiger partial charge is 0.338 e. The van der Waals surface area contributed by atoms with Gasteiger partial charge in [-0.3, -0.25) is 4.79 Å². The van der Waals surface area contributed by atoms with E-state index in [9.17, 15) is 26.4 Å². The van der Waals surface area contributed by atoms with Crippen LogP contribution in [0, 0.1) is 5.41 Å². The zero-order chi connectivity index (χ0) is 31.9. The van der Waals surface area contributed by atoms with Gasteiger partial charge in [-0.05, 0) is 70.7 Å². The van der Waals surface area contributed by atoms with Crippen LogP contribution in [0.25, 0.3) is 0 Å². The van der Waals surface area contributed by atoms with Gasteiger partial charge in [0.2, 0.25) is 0 Å². The van der Waals surface area contributed by atoms with Crippen LogP contribution in [0.3, 0.4) is 0 Å². The van der Waals surface area contributed by atoms with Crippen LogP contribution in [0.2, 0.25) is 0 Å². The molecule has 1 amide bonds. The Balaban J connectivity index is 0.000000231. The average molecular weight is 658 g/mol. The van der Waals surface area contributed by atoms with Gasteiger partial charge in [-0.2, -0.15) is 4.99 Å². The Labute approximate surface area is 257 Å². The van der Waals surface area contributed by atoms with Crippen molar-refractivity contribution in [3.63, 3.8) is 0 Å². The second-order valence-electron chi connectivity index (χ2n) is 11.7. The Morgan fingerprint density at radius 2 is 1.57 bits per heavy atom. The van der Waals surface area contributed by atoms with Crippen LogP contribution in [0.1, 0.15) is 70.3 Å². The maximum Gasteiger partial charge on any atom is 0.338 e. The van der Waals surface area contributed by atoms with Gasteiger partial charge in [0.15, 0.2) is 25.6 Å². The van der Waals surface area contributed by atoms with Crippen molar-refractivity contribution in [3.05, 3.63) is 45.2 Å². The van der Waals surface area contributed by atoms with Gasteiger partial charge in [0.1, 0.15) is 0 Å². The number of nitrogens with zero attached hydrogens (tertiary/aromatic N) is 1. The second kappa shape index (κ2) is 12.0. The van der Waals surface area contributed by atoms with E-state index < -0.39 is 41.7 Å². The van der Waals surface area contributed by atoms with Crippen molar-refractivity contribution < 1.29 is 31.2 Å². The van der Waals surface area contributed by atoms with E-state index in [1.807, 2.05) is 47.6 Å². The molecule has 1 unspecified atom stereocenters. The normalized spacial score (nSPS) is 24.3. The first-order chi connectivity index (χ1) is 19.2. The molecule has 14 heteroatoms. The quantitative estimate of drug-likeness (QED) is 0.272. The minimum Gasteiger partial charge on any atom is -0.465 e. The number of carbonyl (C=O) groups is 2. The fourth-order valence-electron chi connectivity index (χ4n) is 5.17. The maximum atomic E-state index is 12.4. The summed E-state index contributed by atoms with van der Waals surface area (Å²) in [5.41, 5.74) is 10.9. The van der Waals surface area contributed by atoms with Crippen LogP contribution in [-0.2, 0) is 35.6 Å². The molecule has 232 valence electrons. The summed E-state index contributed by atoms with van der Waals surface area (Å²) in [6.07, 6.45) is 4.64. The second-order valence-corrected chi connectivity index (χ2v) is 19.2. The Bertz CT molecular complexity index is 1600. The summed E-state index contributed by atoms with van der Waals surface area (Å²) in [6.45, 7) is 11.4. The Kier molecular flexibility index (Phi) is 9.78. The molecule has 0 saturated carbocycles. The SMILES string of the molecule is CCC1(C(=O)N=C(N)N)C=CC2=C(C1)SC(C)(C)CS2(=O)=O.CCc1cc2c(cc1C(=O)OC)S(=O)(=O)CC(C)(C)S2. The van der Waals surface area contributed by atoms with Crippen molar-refractivity contribution in [2.45, 2.75) is 80.1 Å². The number of sulfone groups is 2. The third-order valence-corrected chi connectivity index (χ3v) is 14.5. The summed E-state index contributed by atoms with van der Waals surface area (Å²) in [5, 5.41) is 0. The first-order valence-corrected chi connectivity index (χ1v) is 18.3. The number of methoxy groups -OCH3 is 1. The first kappa shape index (κ1) is 34.2. The van der Waals surface area contributed by atoms with Gasteiger partial charge in [-0.25, -0.2) is 21.6 Å². The molecule has 0 fully saturated rings. The summed E-state index contributed by atoms with van der Waals surface area (Å²) in [7, 11) is -5.39. The lowest BCUT2D eigenvalue weighted by Crippen LogP contribution is -2.38. The van der Waals surface area contributed by atoms with Crippen molar-refractivity contribution in [1.29, 1.82) is 0 Å². The summed E-state index contributed by atoms with van der Waals surface area (Å²) in [5.74, 6) is -1.04. The van der Waals surface area contributed by atoms with Crippen LogP contribution in [0.15, 0.2) is 48.9 Å². The monoisotopic (exact) mass is 657 g/mol. The molecule has 4 N–H and O–H groups in total. The average Bonchev–Trinajstić information content (AvgIpc) is 2.84. The highest BCUT2D eigenvalue weighted by Gasteiger charge is 2.45. The standard InChI is InChI=1S/C14H21N3O3S2.C14H18O4S2/c1-4-14(11(18)17-12(15)16)6-5-10-9(7-14)21-13(2,3)8-22(10,19)20;1-5-9-6-11-12(7-10(9)13(15)18-4)20(16,17)8-14(2,3)19-11/h5-6H,4,7-8H2,1-3H3,(H4,15,16,17,18);6-7H,5,8H2,1-4H3. The lowest BCUT2D eigenvalue weighted by Gasteiger charge is -2.37. The molecule has 0 aromatic heterocycles. The maximum absolute atomic E-state index is 12.4. The molecule has 3 aliphatic rings. The molecule has 1 aromatic rings. The number of amides is 1. The van der Waals surface area contributed by atoms with Crippen molar-refractivity contribution >= 4 is 61.0 Å². The molecular weight excluding hydrogens is 619 g/mol. The first-order valence-electron chi connectivity index (χ1n) is 13.4. The minimum atomic E-state index is -3.37. The fraction of sp³-hybridized carbons (Fsp3) is 0.536. The van der Waals surface area contributed by atoms with Crippen molar-refractivity contribution in [1.82, 2.24) is 0 Å². The zero-order valence-electron chi connectivity index (χ0n) is 24.9. The number of aliphatic imine (C=N–C) groups is 1. The van der Waals surface area contributed by atoms with Gasteiger partial charge in [0.25, 0.3) is 5.91 Å². The van der Waals surface area contributed by atoms with Crippen molar-refractivity contribution in [2.75, 3.05) is 18.6 Å². The molecule has 2 aliphatic heterocycles. The number of aryl methyl sites for hydroxylation is 1. The molecular formula is C28H39N3O7S4. The summed E-state index contributed by atoms with van der Waals surface area (Å²) in [4.78, 5) is 29.9. The van der Waals surface area contributed by atoms with E-state index in [1.54, 1.807) is 23.9 Å². The number of allylic oxidation sites excluding steroid dienone is 2. The fourth-order valence-corrected chi connectivity index (χ4v) is 13.2. The van der Waals surface area contributed by atoms with E-state index in [0.717, 1.165) is 15.4 Å². The highest BCUT2D eigenvalue weighted by Crippen LogP contribution is 2.51. The number of esters is 1. The van der Waals surface area contributed by atoms with Crippen LogP contribution < -0.4 is 11.5 Å². The predicted molar refractivity (Wildman–Crippen MR) is 169 cm³/mol. The molecule has 1 aliphatic carbocycles. The molecule has 1 atom stereocenters. The molecule has 10 nitrogen and oxygen atoms in total. The Morgan fingerprint density at radius 1 is 0.976 bits per heavy atom. The summed E-state index contributed by atoms with van der Waals surface area (Å²) < 4.78 is 53.5. The van der Waals surface area contributed by atoms with E-state index in [-0.39, 0.29) is 27.1 Å². The number of rotatable bonds is 4. The van der Waals surface area contributed by atoms with E-state index >= 15 is 0 Å². The number of nitrogens with two attached hydrogens (primary N) is 2. The lowest BCUT2D eigenvalue weighted by atomic mass is 9.78. The number of carbonyl (C=O) groups excluding carboxylic acids is 2. The van der Waals surface area contributed by atoms with E-state index in [0.29, 0.717) is 29.7 Å². The molecule has 0 radical (unpaired) electrons. The van der Waals surface area contributed by atoms with E-state index in [2.05, 4.69) is 4.99 Å². The summed E-state index contributed by atoms with van der Waals surface area (Å²) >= 11 is 3.06. The van der Waals surface area contributed by atoms with Crippen LogP contribution in [0.5, 0.6) is 0 Å². The van der Waals surface area contributed by atoms with Gasteiger partial charge in [-0.1, -0.05) is 19.9 Å². The van der Waals surface area contributed by atoms with Crippen LogP contribution >= 0.6 is 23.5 Å². The number of hydrogen-bond acceptors (Lipinski definition) is 9. The largest absolute Gasteiger partial charge is 0.465 e. The van der Waals surface area contributed by atoms with E-state index in [4.69, 9.17) is 16.2 Å². The highest BCUT2D eigenvalue weighted by molar-refractivity contribution is 8.08. The van der Waals surface area contributed by atoms with Gasteiger partial charge in [0.05, 0.1) is 39.4 Å². The lowest BCUT2D eigenvalue weighted by molar-refractivity contribution is -0.125. The van der Waals surface area contributed by atoms with Crippen LogP contribution in [0.4, 0.5) is 0 Å². The molecule has 0 saturated heterocycles. The third-order valence-electron chi connectivity index (χ3n) is 7.08. The van der Waals surface area contributed by atoms with Gasteiger partial charge < -0.3 is 16.2 Å². The third kappa shape index (κ3) is 7.25. The van der Waals surface area contributed by atoms with Gasteiger partial charge >= 0.3 is 5.97 Å². The van der Waals surface area contributed by atoms with Crippen LogP contribution in [-0.4, -0.2) is 62.8 Å². The predicted octanol–water partition coefficient (Wildman–Crippen LogP) is 3.99. The van der Waals surface area contributed by atoms with Gasteiger partial charge in [-0.15, -0.1) is 23.5 Å². The van der Waals surface area contributed by atoms with Crippen molar-refractivity contribution in [2.24, 2.45) is 21.9 Å². The van der Waals surface area contributed by atoms with E-state index in [1.165, 1.54) is 24.9 Å². The number of ether oxygens (including phenoxy) is 1. The molecule has 1 aromatic carbocycles. The summed E-state index contributed by atoms with van der Waals surface area (Å²) in [6, 6.07) is 3.28. The number of benzene rings is 1.